The van der Waals surface area contributed by atoms with Crippen molar-refractivity contribution in [1.82, 2.24) is 4.90 Å². The summed E-state index contributed by atoms with van der Waals surface area (Å²) in [4.78, 5) is 14.9. The SMILES string of the molecule is Cc1cccc(C2CCCCCN2C(=O)CCCCCCN)c1.Cl. The Morgan fingerprint density at radius 1 is 1.17 bits per heavy atom. The molecule has 0 aromatic heterocycles. The number of halogens is 1. The minimum absolute atomic E-state index is 0. The number of carbonyl (C=O) groups excluding carboxylic acids is 1. The molecule has 1 fully saturated rings. The van der Waals surface area contributed by atoms with Gasteiger partial charge in [0.2, 0.25) is 5.91 Å². The van der Waals surface area contributed by atoms with Crippen molar-refractivity contribution < 1.29 is 4.79 Å². The van der Waals surface area contributed by atoms with Crippen molar-refractivity contribution in [3.05, 3.63) is 35.4 Å². The molecule has 1 aliphatic rings. The van der Waals surface area contributed by atoms with E-state index in [-0.39, 0.29) is 18.4 Å². The van der Waals surface area contributed by atoms with Crippen LogP contribution in [0.5, 0.6) is 0 Å². The minimum Gasteiger partial charge on any atom is -0.336 e. The number of benzene rings is 1. The highest BCUT2D eigenvalue weighted by atomic mass is 35.5. The third-order valence-corrected chi connectivity index (χ3v) is 4.84. The van der Waals surface area contributed by atoms with Gasteiger partial charge in [-0.25, -0.2) is 0 Å². The van der Waals surface area contributed by atoms with E-state index in [0.717, 1.165) is 51.6 Å². The zero-order chi connectivity index (χ0) is 16.5. The summed E-state index contributed by atoms with van der Waals surface area (Å²) in [5, 5.41) is 0. The fraction of sp³-hybridized carbons (Fsp3) is 0.650. The molecule has 24 heavy (non-hydrogen) atoms. The van der Waals surface area contributed by atoms with E-state index in [0.29, 0.717) is 12.3 Å². The van der Waals surface area contributed by atoms with Gasteiger partial charge in [0.05, 0.1) is 6.04 Å². The molecule has 1 aromatic rings. The van der Waals surface area contributed by atoms with Crippen LogP contribution in [0.4, 0.5) is 0 Å². The van der Waals surface area contributed by atoms with Crippen LogP contribution in [-0.2, 0) is 4.79 Å². The van der Waals surface area contributed by atoms with Crippen LogP contribution in [-0.4, -0.2) is 23.9 Å². The fourth-order valence-electron chi connectivity index (χ4n) is 3.55. The van der Waals surface area contributed by atoms with E-state index >= 15 is 0 Å². The number of unbranched alkanes of at least 4 members (excludes halogenated alkanes) is 3. The highest BCUT2D eigenvalue weighted by molar-refractivity contribution is 5.85. The molecule has 0 aliphatic carbocycles. The number of hydrogen-bond acceptors (Lipinski definition) is 2. The number of nitrogens with two attached hydrogens (primary N) is 1. The smallest absolute Gasteiger partial charge is 0.223 e. The van der Waals surface area contributed by atoms with Crippen molar-refractivity contribution >= 4 is 18.3 Å². The van der Waals surface area contributed by atoms with Gasteiger partial charge in [-0.2, -0.15) is 0 Å². The Balaban J connectivity index is 0.00000288. The molecular formula is C20H33ClN2O. The van der Waals surface area contributed by atoms with Crippen molar-refractivity contribution in [2.24, 2.45) is 5.73 Å². The van der Waals surface area contributed by atoms with Gasteiger partial charge >= 0.3 is 0 Å². The zero-order valence-electron chi connectivity index (χ0n) is 15.0. The van der Waals surface area contributed by atoms with E-state index in [2.05, 4.69) is 36.1 Å². The maximum absolute atomic E-state index is 12.8. The lowest BCUT2D eigenvalue weighted by Gasteiger charge is -2.31. The molecule has 0 bridgehead atoms. The molecule has 0 radical (unpaired) electrons. The summed E-state index contributed by atoms with van der Waals surface area (Å²) < 4.78 is 0. The van der Waals surface area contributed by atoms with Gasteiger partial charge in [0, 0.05) is 13.0 Å². The predicted molar refractivity (Wildman–Crippen MR) is 103 cm³/mol. The van der Waals surface area contributed by atoms with Crippen LogP contribution >= 0.6 is 12.4 Å². The summed E-state index contributed by atoms with van der Waals surface area (Å²) in [7, 11) is 0. The summed E-state index contributed by atoms with van der Waals surface area (Å²) in [5.74, 6) is 0.339. The number of carbonyl (C=O) groups is 1. The number of rotatable bonds is 7. The van der Waals surface area contributed by atoms with Gasteiger partial charge in [-0.05, 0) is 44.7 Å². The van der Waals surface area contributed by atoms with Crippen molar-refractivity contribution in [2.45, 2.75) is 70.8 Å². The molecule has 2 N–H and O–H groups in total. The number of likely N-dealkylation sites (tertiary alicyclic amines) is 1. The molecule has 3 nitrogen and oxygen atoms in total. The van der Waals surface area contributed by atoms with E-state index in [4.69, 9.17) is 5.73 Å². The summed E-state index contributed by atoms with van der Waals surface area (Å²) >= 11 is 0. The van der Waals surface area contributed by atoms with E-state index in [1.165, 1.54) is 24.0 Å². The first-order chi connectivity index (χ1) is 11.2. The average molecular weight is 353 g/mol. The Morgan fingerprint density at radius 2 is 1.96 bits per heavy atom. The first kappa shape index (κ1) is 21.0. The lowest BCUT2D eigenvalue weighted by Crippen LogP contribution is -2.34. The molecule has 1 amide bonds. The van der Waals surface area contributed by atoms with Gasteiger partial charge in [-0.3, -0.25) is 4.79 Å². The van der Waals surface area contributed by atoms with Gasteiger partial charge in [-0.1, -0.05) is 55.5 Å². The van der Waals surface area contributed by atoms with Crippen molar-refractivity contribution in [3.63, 3.8) is 0 Å². The first-order valence-corrected chi connectivity index (χ1v) is 9.28. The summed E-state index contributed by atoms with van der Waals surface area (Å²) in [6.45, 7) is 3.81. The number of amides is 1. The van der Waals surface area contributed by atoms with E-state index < -0.39 is 0 Å². The van der Waals surface area contributed by atoms with E-state index in [9.17, 15) is 4.79 Å². The summed E-state index contributed by atoms with van der Waals surface area (Å²) in [5.41, 5.74) is 8.11. The lowest BCUT2D eigenvalue weighted by molar-refractivity contribution is -0.133. The first-order valence-electron chi connectivity index (χ1n) is 9.28. The maximum Gasteiger partial charge on any atom is 0.223 e. The van der Waals surface area contributed by atoms with Crippen molar-refractivity contribution in [1.29, 1.82) is 0 Å². The standard InChI is InChI=1S/C20H32N2O.ClH/c1-17-10-9-11-18(16-17)19-12-5-4-8-15-22(19)20(23)13-6-2-3-7-14-21;/h9-11,16,19H,2-8,12-15,21H2,1H3;1H. The molecular weight excluding hydrogens is 320 g/mol. The Bertz CT molecular complexity index is 492. The molecule has 1 aliphatic heterocycles. The van der Waals surface area contributed by atoms with Crippen LogP contribution < -0.4 is 5.73 Å². The average Bonchev–Trinajstić information content (AvgIpc) is 2.80. The Hall–Kier alpha value is -1.06. The molecule has 1 aromatic carbocycles. The topological polar surface area (TPSA) is 46.3 Å². The molecule has 1 unspecified atom stereocenters. The molecule has 2 rings (SSSR count). The van der Waals surface area contributed by atoms with Gasteiger partial charge in [0.1, 0.15) is 0 Å². The number of hydrogen-bond donors (Lipinski definition) is 1. The van der Waals surface area contributed by atoms with Crippen LogP contribution in [0.25, 0.3) is 0 Å². The van der Waals surface area contributed by atoms with Crippen LogP contribution in [0.3, 0.4) is 0 Å². The number of nitrogens with zero attached hydrogens (tertiary/aromatic N) is 1. The second-order valence-corrected chi connectivity index (χ2v) is 6.82. The highest BCUT2D eigenvalue weighted by Crippen LogP contribution is 2.31. The van der Waals surface area contributed by atoms with Crippen LogP contribution in [0.15, 0.2) is 24.3 Å². The van der Waals surface area contributed by atoms with Crippen molar-refractivity contribution in [2.75, 3.05) is 13.1 Å². The monoisotopic (exact) mass is 352 g/mol. The minimum atomic E-state index is 0. The molecule has 136 valence electrons. The van der Waals surface area contributed by atoms with Gasteiger partial charge in [0.15, 0.2) is 0 Å². The summed E-state index contributed by atoms with van der Waals surface area (Å²) in [6.07, 6.45) is 9.72. The second-order valence-electron chi connectivity index (χ2n) is 6.82. The molecule has 1 saturated heterocycles. The fourth-order valence-corrected chi connectivity index (χ4v) is 3.55. The van der Waals surface area contributed by atoms with Gasteiger partial charge in [-0.15, -0.1) is 12.4 Å². The molecule has 4 heteroatoms. The van der Waals surface area contributed by atoms with E-state index in [1.807, 2.05) is 0 Å². The van der Waals surface area contributed by atoms with Crippen LogP contribution in [0.1, 0.15) is 75.0 Å². The normalized spacial score (nSPS) is 17.9. The zero-order valence-corrected chi connectivity index (χ0v) is 15.8. The Kier molecular flexibility index (Phi) is 10.0. The molecule has 1 atom stereocenters. The summed E-state index contributed by atoms with van der Waals surface area (Å²) in [6, 6.07) is 8.95. The Morgan fingerprint density at radius 3 is 2.71 bits per heavy atom. The largest absolute Gasteiger partial charge is 0.336 e. The third-order valence-electron chi connectivity index (χ3n) is 4.84. The predicted octanol–water partition coefficient (Wildman–Crippen LogP) is 4.77. The lowest BCUT2D eigenvalue weighted by atomic mass is 9.98. The van der Waals surface area contributed by atoms with Crippen molar-refractivity contribution in [3.8, 4) is 0 Å². The molecule has 0 spiro atoms. The Labute approximate surface area is 153 Å². The third kappa shape index (κ3) is 6.45. The van der Waals surface area contributed by atoms with E-state index in [1.54, 1.807) is 0 Å². The quantitative estimate of drug-likeness (QED) is 0.718. The van der Waals surface area contributed by atoms with Gasteiger partial charge in [0.25, 0.3) is 0 Å². The maximum atomic E-state index is 12.8. The molecule has 0 saturated carbocycles. The van der Waals surface area contributed by atoms with Gasteiger partial charge < -0.3 is 10.6 Å². The number of aryl methyl sites for hydroxylation is 1. The second kappa shape index (κ2) is 11.5. The van der Waals surface area contributed by atoms with Crippen LogP contribution in [0, 0.1) is 6.92 Å². The highest BCUT2D eigenvalue weighted by Gasteiger charge is 2.26. The van der Waals surface area contributed by atoms with Crippen LogP contribution in [0.2, 0.25) is 0 Å². The molecule has 1 heterocycles.